The summed E-state index contributed by atoms with van der Waals surface area (Å²) in [5.41, 5.74) is 0. The summed E-state index contributed by atoms with van der Waals surface area (Å²) >= 11 is 0. The molecular weight excluding hydrogens is 218 g/mol. The second kappa shape index (κ2) is 11.7. The van der Waals surface area contributed by atoms with E-state index in [0.717, 1.165) is 19.4 Å². The lowest BCUT2D eigenvalue weighted by Crippen LogP contribution is -2.33. The fourth-order valence-corrected chi connectivity index (χ4v) is 1.68. The Balaban J connectivity index is 3.80. The van der Waals surface area contributed by atoms with Crippen LogP contribution in [0, 0.1) is 0 Å². The van der Waals surface area contributed by atoms with Crippen LogP contribution in [0.3, 0.4) is 0 Å². The number of amides is 1. The van der Waals surface area contributed by atoms with Crippen molar-refractivity contribution in [2.24, 2.45) is 0 Å². The van der Waals surface area contributed by atoms with Crippen LogP contribution >= 0.6 is 0 Å². The highest BCUT2D eigenvalue weighted by Crippen LogP contribution is 2.05. The first-order valence-electron chi connectivity index (χ1n) is 6.78. The van der Waals surface area contributed by atoms with Crippen molar-refractivity contribution in [3.8, 4) is 0 Å². The van der Waals surface area contributed by atoms with Gasteiger partial charge in [-0.2, -0.15) is 0 Å². The first-order chi connectivity index (χ1) is 8.26. The lowest BCUT2D eigenvalue weighted by molar-refractivity contribution is 0.103. The zero-order chi connectivity index (χ0) is 12.9. The maximum absolute atomic E-state index is 11.6. The Hall–Kier alpha value is -0.770. The Bertz CT molecular complexity index is 186. The van der Waals surface area contributed by atoms with Gasteiger partial charge in [-0.1, -0.05) is 32.6 Å². The number of unbranched alkanes of at least 4 members (excludes halogenated alkanes) is 4. The maximum atomic E-state index is 11.6. The van der Waals surface area contributed by atoms with Crippen LogP contribution in [-0.2, 0) is 4.74 Å². The molecule has 0 aromatic rings. The summed E-state index contributed by atoms with van der Waals surface area (Å²) in [5.74, 6) is 0. The van der Waals surface area contributed by atoms with E-state index in [1.54, 1.807) is 4.90 Å². The summed E-state index contributed by atoms with van der Waals surface area (Å²) in [5, 5.41) is 8.79. The van der Waals surface area contributed by atoms with E-state index in [4.69, 9.17) is 9.84 Å². The summed E-state index contributed by atoms with van der Waals surface area (Å²) in [4.78, 5) is 13.3. The summed E-state index contributed by atoms with van der Waals surface area (Å²) in [6.07, 6.45) is 6.26. The molecule has 0 heterocycles. The van der Waals surface area contributed by atoms with Crippen molar-refractivity contribution < 1.29 is 14.6 Å². The normalized spacial score (nSPS) is 10.3. The monoisotopic (exact) mass is 245 g/mol. The van der Waals surface area contributed by atoms with Gasteiger partial charge in [0.2, 0.25) is 0 Å². The van der Waals surface area contributed by atoms with E-state index < -0.39 is 0 Å². The third kappa shape index (κ3) is 8.98. The first kappa shape index (κ1) is 16.2. The predicted molar refractivity (Wildman–Crippen MR) is 69.1 cm³/mol. The molecule has 0 aromatic carbocycles. The highest BCUT2D eigenvalue weighted by Gasteiger charge is 2.12. The standard InChI is InChI=1S/C13H27NO3/c1-3-5-6-7-8-10-14(11-9-12-15)13(16)17-4-2/h15H,3-12H2,1-2H3. The molecule has 0 unspecified atom stereocenters. The SMILES string of the molecule is CCCCCCCN(CCCO)C(=O)OCC. The van der Waals surface area contributed by atoms with Gasteiger partial charge < -0.3 is 14.7 Å². The van der Waals surface area contributed by atoms with E-state index in [1.165, 1.54) is 19.3 Å². The van der Waals surface area contributed by atoms with Crippen LogP contribution in [0.15, 0.2) is 0 Å². The molecule has 102 valence electrons. The first-order valence-corrected chi connectivity index (χ1v) is 6.78. The van der Waals surface area contributed by atoms with E-state index >= 15 is 0 Å². The zero-order valence-corrected chi connectivity index (χ0v) is 11.3. The average Bonchev–Trinajstić information content (AvgIpc) is 2.33. The molecule has 1 amide bonds. The van der Waals surface area contributed by atoms with Crippen molar-refractivity contribution in [1.29, 1.82) is 0 Å². The van der Waals surface area contributed by atoms with Gasteiger partial charge in [0.25, 0.3) is 0 Å². The summed E-state index contributed by atoms with van der Waals surface area (Å²) in [6.45, 7) is 5.84. The topological polar surface area (TPSA) is 49.8 Å². The van der Waals surface area contributed by atoms with Gasteiger partial charge in [-0.25, -0.2) is 4.79 Å². The third-order valence-corrected chi connectivity index (χ3v) is 2.64. The number of rotatable bonds is 10. The molecule has 0 radical (unpaired) electrons. The molecule has 4 nitrogen and oxygen atoms in total. The Morgan fingerprint density at radius 3 is 2.29 bits per heavy atom. The molecule has 4 heteroatoms. The maximum Gasteiger partial charge on any atom is 0.409 e. The van der Waals surface area contributed by atoms with E-state index in [2.05, 4.69) is 6.92 Å². The molecule has 17 heavy (non-hydrogen) atoms. The van der Waals surface area contributed by atoms with Crippen LogP contribution in [0.5, 0.6) is 0 Å². The molecule has 0 aliphatic rings. The number of hydrogen-bond acceptors (Lipinski definition) is 3. The van der Waals surface area contributed by atoms with E-state index in [1.807, 2.05) is 6.92 Å². The predicted octanol–water partition coefficient (Wildman–Crippen LogP) is 2.80. The van der Waals surface area contributed by atoms with Crippen LogP contribution in [0.1, 0.15) is 52.4 Å². The Labute approximate surface area is 105 Å². The summed E-state index contributed by atoms with van der Waals surface area (Å²) < 4.78 is 4.98. The number of ether oxygens (including phenoxy) is 1. The van der Waals surface area contributed by atoms with Crippen molar-refractivity contribution in [1.82, 2.24) is 4.90 Å². The molecular formula is C13H27NO3. The average molecular weight is 245 g/mol. The van der Waals surface area contributed by atoms with Crippen molar-refractivity contribution in [3.63, 3.8) is 0 Å². The van der Waals surface area contributed by atoms with E-state index in [9.17, 15) is 4.79 Å². The number of aliphatic hydroxyl groups is 1. The lowest BCUT2D eigenvalue weighted by atomic mass is 10.1. The van der Waals surface area contributed by atoms with E-state index in [-0.39, 0.29) is 12.7 Å². The molecule has 0 saturated carbocycles. The molecule has 0 atom stereocenters. The van der Waals surface area contributed by atoms with Gasteiger partial charge in [-0.05, 0) is 19.8 Å². The van der Waals surface area contributed by atoms with Gasteiger partial charge in [0.05, 0.1) is 6.61 Å². The molecule has 0 fully saturated rings. The smallest absolute Gasteiger partial charge is 0.409 e. The molecule has 1 N–H and O–H groups in total. The molecule has 0 rings (SSSR count). The summed E-state index contributed by atoms with van der Waals surface area (Å²) in [7, 11) is 0. The fourth-order valence-electron chi connectivity index (χ4n) is 1.68. The summed E-state index contributed by atoms with van der Waals surface area (Å²) in [6, 6.07) is 0. The molecule has 0 saturated heterocycles. The van der Waals surface area contributed by atoms with Crippen LogP contribution in [0.25, 0.3) is 0 Å². The molecule has 0 spiro atoms. The quantitative estimate of drug-likeness (QED) is 0.602. The van der Waals surface area contributed by atoms with Crippen molar-refractivity contribution in [2.45, 2.75) is 52.4 Å². The van der Waals surface area contributed by atoms with Crippen molar-refractivity contribution in [3.05, 3.63) is 0 Å². The fraction of sp³-hybridized carbons (Fsp3) is 0.923. The third-order valence-electron chi connectivity index (χ3n) is 2.64. The Morgan fingerprint density at radius 2 is 1.71 bits per heavy atom. The number of hydrogen-bond donors (Lipinski definition) is 1. The number of carbonyl (C=O) groups excluding carboxylic acids is 1. The highest BCUT2D eigenvalue weighted by molar-refractivity contribution is 5.67. The van der Waals surface area contributed by atoms with Crippen LogP contribution in [-0.4, -0.2) is 42.4 Å². The van der Waals surface area contributed by atoms with Crippen molar-refractivity contribution >= 4 is 6.09 Å². The van der Waals surface area contributed by atoms with Gasteiger partial charge in [-0.15, -0.1) is 0 Å². The van der Waals surface area contributed by atoms with E-state index in [0.29, 0.717) is 19.6 Å². The Kier molecular flexibility index (Phi) is 11.2. The van der Waals surface area contributed by atoms with Gasteiger partial charge in [0.1, 0.15) is 0 Å². The number of nitrogens with zero attached hydrogens (tertiary/aromatic N) is 1. The molecule has 0 bridgehead atoms. The Morgan fingerprint density at radius 1 is 1.06 bits per heavy atom. The van der Waals surface area contributed by atoms with Gasteiger partial charge >= 0.3 is 6.09 Å². The minimum absolute atomic E-state index is 0.117. The van der Waals surface area contributed by atoms with Gasteiger partial charge in [0, 0.05) is 19.7 Å². The zero-order valence-electron chi connectivity index (χ0n) is 11.3. The minimum Gasteiger partial charge on any atom is -0.450 e. The van der Waals surface area contributed by atoms with Crippen LogP contribution in [0.2, 0.25) is 0 Å². The molecule has 0 aliphatic carbocycles. The number of aliphatic hydroxyl groups excluding tert-OH is 1. The highest BCUT2D eigenvalue weighted by atomic mass is 16.6. The van der Waals surface area contributed by atoms with Gasteiger partial charge in [-0.3, -0.25) is 0 Å². The molecule has 0 aliphatic heterocycles. The van der Waals surface area contributed by atoms with Crippen molar-refractivity contribution in [2.75, 3.05) is 26.3 Å². The van der Waals surface area contributed by atoms with Crippen LogP contribution in [0.4, 0.5) is 4.79 Å². The minimum atomic E-state index is -0.253. The second-order valence-electron chi connectivity index (χ2n) is 4.18. The van der Waals surface area contributed by atoms with Crippen LogP contribution < -0.4 is 0 Å². The number of carbonyl (C=O) groups is 1. The lowest BCUT2D eigenvalue weighted by Gasteiger charge is -2.21. The van der Waals surface area contributed by atoms with Gasteiger partial charge in [0.15, 0.2) is 0 Å². The second-order valence-corrected chi connectivity index (χ2v) is 4.18. The largest absolute Gasteiger partial charge is 0.450 e. The molecule has 0 aromatic heterocycles.